The second-order valence-electron chi connectivity index (χ2n) is 7.33. The maximum Gasteiger partial charge on any atom is 0.416 e. The summed E-state index contributed by atoms with van der Waals surface area (Å²) in [4.78, 5) is 2.07. The van der Waals surface area contributed by atoms with E-state index in [-0.39, 0.29) is 6.04 Å². The summed E-state index contributed by atoms with van der Waals surface area (Å²) in [6.07, 6.45) is -0.152. The van der Waals surface area contributed by atoms with Crippen molar-refractivity contribution in [2.45, 2.75) is 50.9 Å². The Kier molecular flexibility index (Phi) is 6.45. The summed E-state index contributed by atoms with van der Waals surface area (Å²) in [6, 6.07) is 5.27. The standard InChI is InChI=1S/C18H26F3N3O2S/c19-18(20,21)16-6-4-5-15(13-16)14-23-11-7-17(8-12-23)22-27(25,26)24-9-2-1-3-10-24/h4-6,13,17,22H,1-3,7-12,14H2. The molecule has 2 aliphatic rings. The number of halogens is 3. The number of benzene rings is 1. The lowest BCUT2D eigenvalue weighted by Gasteiger charge is -2.34. The minimum atomic E-state index is -4.34. The first-order valence-corrected chi connectivity index (χ1v) is 10.8. The molecule has 0 unspecified atom stereocenters. The minimum Gasteiger partial charge on any atom is -0.299 e. The molecule has 2 aliphatic heterocycles. The summed E-state index contributed by atoms with van der Waals surface area (Å²) in [5, 5.41) is 0. The van der Waals surface area contributed by atoms with Gasteiger partial charge < -0.3 is 0 Å². The van der Waals surface area contributed by atoms with Crippen molar-refractivity contribution in [2.24, 2.45) is 0 Å². The van der Waals surface area contributed by atoms with Crippen LogP contribution in [-0.4, -0.2) is 49.8 Å². The fourth-order valence-electron chi connectivity index (χ4n) is 3.70. The molecule has 2 saturated heterocycles. The van der Waals surface area contributed by atoms with Crippen LogP contribution in [0.25, 0.3) is 0 Å². The number of hydrogen-bond acceptors (Lipinski definition) is 3. The number of hydrogen-bond donors (Lipinski definition) is 1. The molecule has 3 rings (SSSR count). The maximum atomic E-state index is 12.8. The normalized spacial score (nSPS) is 21.4. The lowest BCUT2D eigenvalue weighted by molar-refractivity contribution is -0.137. The van der Waals surface area contributed by atoms with Crippen molar-refractivity contribution in [3.05, 3.63) is 35.4 Å². The molecule has 0 aliphatic carbocycles. The van der Waals surface area contributed by atoms with Crippen molar-refractivity contribution < 1.29 is 21.6 Å². The molecule has 152 valence electrons. The molecule has 0 bridgehead atoms. The smallest absolute Gasteiger partial charge is 0.299 e. The van der Waals surface area contributed by atoms with Crippen LogP contribution >= 0.6 is 0 Å². The van der Waals surface area contributed by atoms with E-state index in [0.717, 1.165) is 25.3 Å². The summed E-state index contributed by atoms with van der Waals surface area (Å²) < 4.78 is 67.7. The molecule has 0 amide bonds. The monoisotopic (exact) mass is 405 g/mol. The molecule has 0 saturated carbocycles. The van der Waals surface area contributed by atoms with Crippen molar-refractivity contribution in [1.29, 1.82) is 0 Å². The predicted molar refractivity (Wildman–Crippen MR) is 97.2 cm³/mol. The fraction of sp³-hybridized carbons (Fsp3) is 0.667. The van der Waals surface area contributed by atoms with Gasteiger partial charge in [-0.25, -0.2) is 0 Å². The minimum absolute atomic E-state index is 0.116. The van der Waals surface area contributed by atoms with Gasteiger partial charge in [0.05, 0.1) is 5.56 Å². The highest BCUT2D eigenvalue weighted by molar-refractivity contribution is 7.87. The number of nitrogens with zero attached hydrogens (tertiary/aromatic N) is 2. The fourth-order valence-corrected chi connectivity index (χ4v) is 5.25. The summed E-state index contributed by atoms with van der Waals surface area (Å²) in [6.45, 7) is 2.90. The Morgan fingerprint density at radius 3 is 2.33 bits per heavy atom. The van der Waals surface area contributed by atoms with E-state index in [1.54, 1.807) is 6.07 Å². The van der Waals surface area contributed by atoms with Crippen molar-refractivity contribution in [3.63, 3.8) is 0 Å². The number of alkyl halides is 3. The summed E-state index contributed by atoms with van der Waals surface area (Å²) in [7, 11) is -3.44. The number of rotatable bonds is 5. The zero-order chi connectivity index (χ0) is 19.5. The number of nitrogens with one attached hydrogen (secondary N) is 1. The molecule has 2 heterocycles. The molecule has 0 spiro atoms. The first-order chi connectivity index (χ1) is 12.7. The zero-order valence-electron chi connectivity index (χ0n) is 15.2. The largest absolute Gasteiger partial charge is 0.416 e. The van der Waals surface area contributed by atoms with Crippen molar-refractivity contribution in [2.75, 3.05) is 26.2 Å². The van der Waals surface area contributed by atoms with E-state index in [9.17, 15) is 21.6 Å². The molecule has 0 radical (unpaired) electrons. The molecule has 9 heteroatoms. The van der Waals surface area contributed by atoms with Gasteiger partial charge in [-0.2, -0.15) is 30.6 Å². The highest BCUT2D eigenvalue weighted by Crippen LogP contribution is 2.30. The van der Waals surface area contributed by atoms with Gasteiger partial charge >= 0.3 is 6.18 Å². The second kappa shape index (κ2) is 8.46. The van der Waals surface area contributed by atoms with E-state index in [2.05, 4.69) is 9.62 Å². The molecular formula is C18H26F3N3O2S. The first kappa shape index (κ1) is 20.6. The molecule has 27 heavy (non-hydrogen) atoms. The third-order valence-electron chi connectivity index (χ3n) is 5.22. The Balaban J connectivity index is 1.50. The molecule has 1 aromatic carbocycles. The van der Waals surface area contributed by atoms with E-state index >= 15 is 0 Å². The van der Waals surface area contributed by atoms with E-state index < -0.39 is 21.9 Å². The molecule has 1 aromatic rings. The molecular weight excluding hydrogens is 379 g/mol. The number of likely N-dealkylation sites (tertiary alicyclic amines) is 1. The van der Waals surface area contributed by atoms with Crippen molar-refractivity contribution in [3.8, 4) is 0 Å². The summed E-state index contributed by atoms with van der Waals surface area (Å²) in [5.74, 6) is 0. The van der Waals surface area contributed by atoms with Gasteiger partial charge in [-0.3, -0.25) is 4.90 Å². The molecule has 5 nitrogen and oxygen atoms in total. The molecule has 2 fully saturated rings. The van der Waals surface area contributed by atoms with Crippen LogP contribution in [0.2, 0.25) is 0 Å². The van der Waals surface area contributed by atoms with Crippen molar-refractivity contribution in [1.82, 2.24) is 13.9 Å². The highest BCUT2D eigenvalue weighted by atomic mass is 32.2. The van der Waals surface area contributed by atoms with Gasteiger partial charge in [0.2, 0.25) is 0 Å². The summed E-state index contributed by atoms with van der Waals surface area (Å²) in [5.41, 5.74) is -0.0126. The molecule has 0 atom stereocenters. The number of piperidine rings is 2. The van der Waals surface area contributed by atoms with E-state index in [1.807, 2.05) is 0 Å². The Bertz CT molecular complexity index is 726. The third-order valence-corrected chi connectivity index (χ3v) is 6.89. The van der Waals surface area contributed by atoms with Crippen LogP contribution in [-0.2, 0) is 22.9 Å². The Morgan fingerprint density at radius 1 is 1.04 bits per heavy atom. The van der Waals surface area contributed by atoms with Crippen molar-refractivity contribution >= 4 is 10.2 Å². The van der Waals surface area contributed by atoms with Crippen LogP contribution < -0.4 is 4.72 Å². The van der Waals surface area contributed by atoms with Crippen LogP contribution in [0.1, 0.15) is 43.2 Å². The maximum absolute atomic E-state index is 12.8. The Morgan fingerprint density at radius 2 is 1.70 bits per heavy atom. The van der Waals surface area contributed by atoms with Gasteiger partial charge in [-0.1, -0.05) is 24.6 Å². The molecule has 0 aromatic heterocycles. The van der Waals surface area contributed by atoms with E-state index in [0.29, 0.717) is 51.1 Å². The zero-order valence-corrected chi connectivity index (χ0v) is 16.0. The Labute approximate surface area is 158 Å². The third kappa shape index (κ3) is 5.66. The average Bonchev–Trinajstić information content (AvgIpc) is 2.63. The van der Waals surface area contributed by atoms with Gasteiger partial charge in [0.1, 0.15) is 0 Å². The van der Waals surface area contributed by atoms with Crippen LogP contribution in [0, 0.1) is 0 Å². The second-order valence-corrected chi connectivity index (χ2v) is 9.03. The first-order valence-electron chi connectivity index (χ1n) is 9.40. The lowest BCUT2D eigenvalue weighted by atomic mass is 10.0. The topological polar surface area (TPSA) is 52.7 Å². The van der Waals surface area contributed by atoms with Gasteiger partial charge in [-0.15, -0.1) is 0 Å². The van der Waals surface area contributed by atoms with E-state index in [4.69, 9.17) is 0 Å². The lowest BCUT2D eigenvalue weighted by Crippen LogP contribution is -2.50. The quantitative estimate of drug-likeness (QED) is 0.820. The van der Waals surface area contributed by atoms with Gasteiger partial charge in [0.25, 0.3) is 10.2 Å². The van der Waals surface area contributed by atoms with Gasteiger partial charge in [0, 0.05) is 38.8 Å². The van der Waals surface area contributed by atoms with Crippen LogP contribution in [0.3, 0.4) is 0 Å². The predicted octanol–water partition coefficient (Wildman–Crippen LogP) is 2.99. The van der Waals surface area contributed by atoms with Gasteiger partial charge in [-0.05, 0) is 37.3 Å². The van der Waals surface area contributed by atoms with Gasteiger partial charge in [0.15, 0.2) is 0 Å². The SMILES string of the molecule is O=S(=O)(NC1CCN(Cc2cccc(C(F)(F)F)c2)CC1)N1CCCCC1. The van der Waals surface area contributed by atoms with Crippen LogP contribution in [0.15, 0.2) is 24.3 Å². The van der Waals surface area contributed by atoms with Crippen LogP contribution in [0.4, 0.5) is 13.2 Å². The highest BCUT2D eigenvalue weighted by Gasteiger charge is 2.31. The summed E-state index contributed by atoms with van der Waals surface area (Å²) >= 11 is 0. The van der Waals surface area contributed by atoms with E-state index in [1.165, 1.54) is 16.4 Å². The Hall–Kier alpha value is -1.16. The average molecular weight is 405 g/mol. The van der Waals surface area contributed by atoms with Crippen LogP contribution in [0.5, 0.6) is 0 Å². The molecule has 1 N–H and O–H groups in total.